The van der Waals surface area contributed by atoms with Crippen molar-refractivity contribution in [3.8, 4) is 0 Å². The summed E-state index contributed by atoms with van der Waals surface area (Å²) in [5.74, 6) is -1.20. The van der Waals surface area contributed by atoms with Crippen molar-refractivity contribution >= 4 is 38.5 Å². The molecule has 0 fully saturated rings. The van der Waals surface area contributed by atoms with Crippen LogP contribution in [0, 0.1) is 6.92 Å². The Morgan fingerprint density at radius 3 is 2.70 bits per heavy atom. The number of aryl methyl sites for hydroxylation is 1. The topological polar surface area (TPSA) is 89.3 Å². The first kappa shape index (κ1) is 14.5. The van der Waals surface area contributed by atoms with E-state index in [1.54, 1.807) is 29.6 Å². The number of thiophene rings is 1. The summed E-state index contributed by atoms with van der Waals surface area (Å²) in [5.41, 5.74) is 7.56. The molecule has 7 heteroatoms. The van der Waals surface area contributed by atoms with Gasteiger partial charge in [0.15, 0.2) is 9.84 Å². The van der Waals surface area contributed by atoms with Gasteiger partial charge in [0.05, 0.1) is 11.4 Å². The fourth-order valence-electron chi connectivity index (χ4n) is 1.67. The van der Waals surface area contributed by atoms with Crippen molar-refractivity contribution < 1.29 is 13.2 Å². The van der Waals surface area contributed by atoms with E-state index in [2.05, 4.69) is 5.32 Å². The van der Waals surface area contributed by atoms with Crippen LogP contribution in [0.25, 0.3) is 0 Å². The summed E-state index contributed by atoms with van der Waals surface area (Å²) in [6.07, 6.45) is 0. The van der Waals surface area contributed by atoms with Crippen LogP contribution < -0.4 is 11.1 Å². The zero-order valence-corrected chi connectivity index (χ0v) is 12.4. The van der Waals surface area contributed by atoms with Crippen LogP contribution >= 0.6 is 11.3 Å². The van der Waals surface area contributed by atoms with Crippen molar-refractivity contribution in [1.82, 2.24) is 0 Å². The minimum Gasteiger partial charge on any atom is -0.397 e. The molecule has 1 heterocycles. The van der Waals surface area contributed by atoms with E-state index in [9.17, 15) is 13.2 Å². The summed E-state index contributed by atoms with van der Waals surface area (Å²) in [6, 6.07) is 8.27. The van der Waals surface area contributed by atoms with Crippen molar-refractivity contribution in [3.63, 3.8) is 0 Å². The van der Waals surface area contributed by atoms with E-state index in [1.807, 2.05) is 6.92 Å². The maximum Gasteiger partial charge on any atom is 0.240 e. The minimum absolute atomic E-state index is 0.185. The number of rotatable bonds is 4. The predicted octanol–water partition coefficient (Wildman–Crippen LogP) is 2.05. The maximum absolute atomic E-state index is 12.0. The molecular formula is C13H14N2O3S2. The Labute approximate surface area is 121 Å². The van der Waals surface area contributed by atoms with Crippen molar-refractivity contribution in [2.75, 3.05) is 16.8 Å². The SMILES string of the molecule is Cc1ccc(NC(=O)CS(=O)(=O)c2cccs2)c(N)c1. The molecule has 0 saturated heterocycles. The third-order valence-electron chi connectivity index (χ3n) is 2.60. The first-order chi connectivity index (χ1) is 9.38. The zero-order chi connectivity index (χ0) is 14.8. The molecular weight excluding hydrogens is 296 g/mol. The molecule has 0 unspecified atom stereocenters. The Morgan fingerprint density at radius 1 is 1.35 bits per heavy atom. The summed E-state index contributed by atoms with van der Waals surface area (Å²) in [4.78, 5) is 11.8. The summed E-state index contributed by atoms with van der Waals surface area (Å²) in [7, 11) is -3.59. The van der Waals surface area contributed by atoms with Gasteiger partial charge in [0, 0.05) is 0 Å². The van der Waals surface area contributed by atoms with E-state index in [0.29, 0.717) is 11.4 Å². The number of carbonyl (C=O) groups is 1. The highest BCUT2D eigenvalue weighted by atomic mass is 32.2. The molecule has 0 atom stereocenters. The van der Waals surface area contributed by atoms with Crippen LogP contribution in [0.1, 0.15) is 5.56 Å². The largest absolute Gasteiger partial charge is 0.397 e. The Morgan fingerprint density at radius 2 is 2.10 bits per heavy atom. The summed E-state index contributed by atoms with van der Waals surface area (Å²) < 4.78 is 24.1. The van der Waals surface area contributed by atoms with Crippen LogP contribution in [0.3, 0.4) is 0 Å². The first-order valence-corrected chi connectivity index (χ1v) is 8.34. The number of nitrogens with two attached hydrogens (primary N) is 1. The fraction of sp³-hybridized carbons (Fsp3) is 0.154. The molecule has 0 radical (unpaired) electrons. The van der Waals surface area contributed by atoms with E-state index < -0.39 is 21.5 Å². The second-order valence-corrected chi connectivity index (χ2v) is 7.49. The molecule has 0 spiro atoms. The van der Waals surface area contributed by atoms with Crippen molar-refractivity contribution in [2.45, 2.75) is 11.1 Å². The van der Waals surface area contributed by atoms with Gasteiger partial charge in [-0.05, 0) is 36.1 Å². The molecule has 3 N–H and O–H groups in total. The highest BCUT2D eigenvalue weighted by Gasteiger charge is 2.20. The number of benzene rings is 1. The number of hydrogen-bond acceptors (Lipinski definition) is 5. The van der Waals surface area contributed by atoms with E-state index in [1.165, 1.54) is 6.07 Å². The minimum atomic E-state index is -3.59. The molecule has 1 aromatic heterocycles. The van der Waals surface area contributed by atoms with Gasteiger partial charge in [0.25, 0.3) is 0 Å². The van der Waals surface area contributed by atoms with Gasteiger partial charge >= 0.3 is 0 Å². The Balaban J connectivity index is 2.10. The van der Waals surface area contributed by atoms with E-state index >= 15 is 0 Å². The molecule has 0 saturated carbocycles. The monoisotopic (exact) mass is 310 g/mol. The van der Waals surface area contributed by atoms with E-state index in [0.717, 1.165) is 16.9 Å². The van der Waals surface area contributed by atoms with Crippen molar-refractivity contribution in [2.24, 2.45) is 0 Å². The van der Waals surface area contributed by atoms with E-state index in [-0.39, 0.29) is 4.21 Å². The lowest BCUT2D eigenvalue weighted by Crippen LogP contribution is -2.23. The molecule has 0 bridgehead atoms. The summed E-state index contributed by atoms with van der Waals surface area (Å²) >= 11 is 1.09. The Kier molecular flexibility index (Phi) is 4.10. The normalized spacial score (nSPS) is 11.2. The van der Waals surface area contributed by atoms with Crippen LogP contribution in [0.4, 0.5) is 11.4 Å². The molecule has 1 aromatic carbocycles. The van der Waals surface area contributed by atoms with Gasteiger partial charge in [-0.3, -0.25) is 4.79 Å². The highest BCUT2D eigenvalue weighted by molar-refractivity contribution is 7.94. The number of sulfone groups is 1. The maximum atomic E-state index is 12.0. The average molecular weight is 310 g/mol. The number of amides is 1. The second kappa shape index (κ2) is 5.64. The number of hydrogen-bond donors (Lipinski definition) is 2. The third-order valence-corrected chi connectivity index (χ3v) is 5.71. The fourth-order valence-corrected chi connectivity index (χ4v) is 3.89. The lowest BCUT2D eigenvalue weighted by atomic mass is 10.2. The molecule has 0 aliphatic heterocycles. The van der Waals surface area contributed by atoms with Gasteiger partial charge in [0.2, 0.25) is 5.91 Å². The van der Waals surface area contributed by atoms with Crippen LogP contribution in [0.5, 0.6) is 0 Å². The van der Waals surface area contributed by atoms with Crippen LogP contribution in [0.15, 0.2) is 39.9 Å². The molecule has 2 rings (SSSR count). The molecule has 2 aromatic rings. The second-order valence-electron chi connectivity index (χ2n) is 4.33. The summed E-state index contributed by atoms with van der Waals surface area (Å²) in [6.45, 7) is 1.88. The third kappa shape index (κ3) is 3.37. The number of nitrogens with one attached hydrogen (secondary N) is 1. The van der Waals surface area contributed by atoms with Gasteiger partial charge < -0.3 is 11.1 Å². The van der Waals surface area contributed by atoms with Gasteiger partial charge in [-0.1, -0.05) is 12.1 Å². The number of nitrogen functional groups attached to an aromatic ring is 1. The van der Waals surface area contributed by atoms with Crippen LogP contribution in [-0.4, -0.2) is 20.1 Å². The number of anilines is 2. The quantitative estimate of drug-likeness (QED) is 0.846. The average Bonchev–Trinajstić information content (AvgIpc) is 2.86. The van der Waals surface area contributed by atoms with Gasteiger partial charge in [-0.25, -0.2) is 8.42 Å². The lowest BCUT2D eigenvalue weighted by molar-refractivity contribution is -0.113. The van der Waals surface area contributed by atoms with Crippen LogP contribution in [0.2, 0.25) is 0 Å². The smallest absolute Gasteiger partial charge is 0.240 e. The van der Waals surface area contributed by atoms with E-state index in [4.69, 9.17) is 5.73 Å². The molecule has 0 aliphatic rings. The standard InChI is InChI=1S/C13H14N2O3S2/c1-9-4-5-11(10(14)7-9)15-12(16)8-20(17,18)13-3-2-6-19-13/h2-7H,8,14H2,1H3,(H,15,16). The highest BCUT2D eigenvalue weighted by Crippen LogP contribution is 2.21. The lowest BCUT2D eigenvalue weighted by Gasteiger charge is -2.08. The van der Waals surface area contributed by atoms with Crippen LogP contribution in [-0.2, 0) is 14.6 Å². The molecule has 20 heavy (non-hydrogen) atoms. The van der Waals surface area contributed by atoms with Gasteiger partial charge in [-0.15, -0.1) is 11.3 Å². The Hall–Kier alpha value is -1.86. The molecule has 0 aliphatic carbocycles. The van der Waals surface area contributed by atoms with Gasteiger partial charge in [-0.2, -0.15) is 0 Å². The molecule has 5 nitrogen and oxygen atoms in total. The predicted molar refractivity (Wildman–Crippen MR) is 80.6 cm³/mol. The van der Waals surface area contributed by atoms with Crippen molar-refractivity contribution in [3.05, 3.63) is 41.3 Å². The Bertz CT molecular complexity index is 722. The van der Waals surface area contributed by atoms with Crippen molar-refractivity contribution in [1.29, 1.82) is 0 Å². The number of carbonyl (C=O) groups excluding carboxylic acids is 1. The molecule has 1 amide bonds. The first-order valence-electron chi connectivity index (χ1n) is 5.81. The molecule has 106 valence electrons. The van der Waals surface area contributed by atoms with Gasteiger partial charge in [0.1, 0.15) is 9.96 Å². The summed E-state index contributed by atoms with van der Waals surface area (Å²) in [5, 5.41) is 4.17. The zero-order valence-electron chi connectivity index (χ0n) is 10.8.